The van der Waals surface area contributed by atoms with Crippen LogP contribution in [-0.4, -0.2) is 92.7 Å². The van der Waals surface area contributed by atoms with E-state index < -0.39 is 0 Å². The lowest BCUT2D eigenvalue weighted by molar-refractivity contribution is -0.133. The number of likely N-dealkylation sites (tertiary alicyclic amines) is 2. The summed E-state index contributed by atoms with van der Waals surface area (Å²) >= 11 is 0. The van der Waals surface area contributed by atoms with Gasteiger partial charge in [-0.1, -0.05) is 12.1 Å². The maximum atomic E-state index is 12.9. The standard InChI is InChI=1S/C24H35N3O4/c1-30-22-4-2-19(3-5-22)16-23(28)27-9-6-20-17-24(29)26(8-7-21(20)18-27)11-10-25-12-14-31-15-13-25/h2-5,20-21H,6-18H2,1H3. The van der Waals surface area contributed by atoms with E-state index in [0.29, 0.717) is 30.6 Å². The zero-order valence-electron chi connectivity index (χ0n) is 18.6. The summed E-state index contributed by atoms with van der Waals surface area (Å²) in [6.45, 7) is 7.58. The van der Waals surface area contributed by atoms with Crippen molar-refractivity contribution in [1.29, 1.82) is 0 Å². The van der Waals surface area contributed by atoms with E-state index in [9.17, 15) is 9.59 Å². The molecule has 0 N–H and O–H groups in total. The van der Waals surface area contributed by atoms with E-state index in [-0.39, 0.29) is 5.91 Å². The first-order valence-electron chi connectivity index (χ1n) is 11.6. The molecular formula is C24H35N3O4. The van der Waals surface area contributed by atoms with E-state index in [2.05, 4.69) is 9.80 Å². The molecule has 0 aromatic heterocycles. The lowest BCUT2D eigenvalue weighted by Crippen LogP contribution is -2.44. The van der Waals surface area contributed by atoms with Crippen molar-refractivity contribution in [3.63, 3.8) is 0 Å². The number of benzene rings is 1. The van der Waals surface area contributed by atoms with Crippen LogP contribution >= 0.6 is 0 Å². The molecule has 2 unspecified atom stereocenters. The quantitative estimate of drug-likeness (QED) is 0.688. The molecule has 2 atom stereocenters. The number of methoxy groups -OCH3 is 1. The van der Waals surface area contributed by atoms with Crippen molar-refractivity contribution in [3.05, 3.63) is 29.8 Å². The van der Waals surface area contributed by atoms with Gasteiger partial charge in [0.25, 0.3) is 0 Å². The van der Waals surface area contributed by atoms with Crippen LogP contribution < -0.4 is 4.74 Å². The van der Waals surface area contributed by atoms with Gasteiger partial charge in [-0.25, -0.2) is 0 Å². The van der Waals surface area contributed by atoms with Gasteiger partial charge in [-0.15, -0.1) is 0 Å². The Bertz CT molecular complexity index is 748. The van der Waals surface area contributed by atoms with E-state index in [1.165, 1.54) is 0 Å². The van der Waals surface area contributed by atoms with Crippen molar-refractivity contribution in [2.24, 2.45) is 11.8 Å². The molecule has 0 aliphatic carbocycles. The maximum Gasteiger partial charge on any atom is 0.226 e. The Balaban J connectivity index is 1.28. The van der Waals surface area contributed by atoms with E-state index in [1.54, 1.807) is 7.11 Å². The number of morpholine rings is 1. The van der Waals surface area contributed by atoms with Crippen molar-refractivity contribution >= 4 is 11.8 Å². The number of amides is 2. The molecule has 4 rings (SSSR count). The predicted octanol–water partition coefficient (Wildman–Crippen LogP) is 1.66. The summed E-state index contributed by atoms with van der Waals surface area (Å²) in [5, 5.41) is 0. The average molecular weight is 430 g/mol. The fraction of sp³-hybridized carbons (Fsp3) is 0.667. The summed E-state index contributed by atoms with van der Waals surface area (Å²) in [5.41, 5.74) is 1.01. The van der Waals surface area contributed by atoms with Crippen molar-refractivity contribution in [2.75, 3.05) is 66.1 Å². The number of hydrogen-bond donors (Lipinski definition) is 0. The van der Waals surface area contributed by atoms with Crippen LogP contribution in [0.3, 0.4) is 0 Å². The van der Waals surface area contributed by atoms with Gasteiger partial charge in [0, 0.05) is 52.2 Å². The molecule has 7 nitrogen and oxygen atoms in total. The third-order valence-electron chi connectivity index (χ3n) is 7.11. The number of hydrogen-bond acceptors (Lipinski definition) is 5. The first-order valence-corrected chi connectivity index (χ1v) is 11.6. The van der Waals surface area contributed by atoms with Gasteiger partial charge in [-0.05, 0) is 42.4 Å². The van der Waals surface area contributed by atoms with E-state index in [1.807, 2.05) is 29.2 Å². The third-order valence-corrected chi connectivity index (χ3v) is 7.11. The molecule has 1 aromatic rings. The molecule has 3 aliphatic rings. The first kappa shape index (κ1) is 22.1. The van der Waals surface area contributed by atoms with Crippen LogP contribution in [0.15, 0.2) is 24.3 Å². The lowest BCUT2D eigenvalue weighted by Gasteiger charge is -2.37. The van der Waals surface area contributed by atoms with E-state index >= 15 is 0 Å². The largest absolute Gasteiger partial charge is 0.497 e. The summed E-state index contributed by atoms with van der Waals surface area (Å²) in [4.78, 5) is 32.2. The van der Waals surface area contributed by atoms with Crippen molar-refractivity contribution in [2.45, 2.75) is 25.7 Å². The van der Waals surface area contributed by atoms with Gasteiger partial charge in [0.1, 0.15) is 5.75 Å². The molecule has 1 aromatic carbocycles. The van der Waals surface area contributed by atoms with Crippen molar-refractivity contribution in [1.82, 2.24) is 14.7 Å². The molecule has 0 spiro atoms. The van der Waals surface area contributed by atoms with Gasteiger partial charge in [0.05, 0.1) is 26.7 Å². The average Bonchev–Trinajstić information content (AvgIpc) is 2.96. The lowest BCUT2D eigenvalue weighted by atomic mass is 9.82. The van der Waals surface area contributed by atoms with Gasteiger partial charge in [-0.2, -0.15) is 0 Å². The molecule has 170 valence electrons. The summed E-state index contributed by atoms with van der Waals surface area (Å²) in [7, 11) is 1.64. The Morgan fingerprint density at radius 3 is 2.52 bits per heavy atom. The second kappa shape index (κ2) is 10.5. The number of rotatable bonds is 6. The molecule has 0 bridgehead atoms. The Morgan fingerprint density at radius 1 is 1.03 bits per heavy atom. The zero-order chi connectivity index (χ0) is 21.6. The minimum Gasteiger partial charge on any atom is -0.497 e. The number of carbonyl (C=O) groups is 2. The first-order chi connectivity index (χ1) is 15.1. The normalized spacial score (nSPS) is 25.1. The third kappa shape index (κ3) is 5.77. The SMILES string of the molecule is COc1ccc(CC(=O)N2CCC3CC(=O)N(CCN4CCOCC4)CCC3C2)cc1. The highest BCUT2D eigenvalue weighted by molar-refractivity contribution is 5.79. The van der Waals surface area contributed by atoms with Crippen LogP contribution in [0.4, 0.5) is 0 Å². The Kier molecular flexibility index (Phi) is 7.45. The number of carbonyl (C=O) groups excluding carboxylic acids is 2. The highest BCUT2D eigenvalue weighted by Gasteiger charge is 2.36. The minimum atomic E-state index is 0.184. The smallest absolute Gasteiger partial charge is 0.226 e. The summed E-state index contributed by atoms with van der Waals surface area (Å²) in [6.07, 6.45) is 2.98. The van der Waals surface area contributed by atoms with Gasteiger partial charge in [-0.3, -0.25) is 14.5 Å². The van der Waals surface area contributed by atoms with Crippen LogP contribution in [0.25, 0.3) is 0 Å². The second-order valence-electron chi connectivity index (χ2n) is 9.00. The number of fused-ring (bicyclic) bond motifs is 1. The molecule has 3 heterocycles. The van der Waals surface area contributed by atoms with Crippen LogP contribution in [0.1, 0.15) is 24.8 Å². The Morgan fingerprint density at radius 2 is 1.77 bits per heavy atom. The van der Waals surface area contributed by atoms with Crippen LogP contribution in [0, 0.1) is 11.8 Å². The molecule has 3 aliphatic heterocycles. The number of piperidine rings is 1. The Hall–Kier alpha value is -2.12. The van der Waals surface area contributed by atoms with Gasteiger partial charge in [0.2, 0.25) is 11.8 Å². The summed E-state index contributed by atoms with van der Waals surface area (Å²) < 4.78 is 10.6. The molecule has 2 amide bonds. The minimum absolute atomic E-state index is 0.184. The van der Waals surface area contributed by atoms with Gasteiger partial charge >= 0.3 is 0 Å². The number of ether oxygens (including phenoxy) is 2. The van der Waals surface area contributed by atoms with Gasteiger partial charge in [0.15, 0.2) is 0 Å². The highest BCUT2D eigenvalue weighted by atomic mass is 16.5. The maximum absolute atomic E-state index is 12.9. The van der Waals surface area contributed by atoms with Gasteiger partial charge < -0.3 is 19.3 Å². The molecule has 3 fully saturated rings. The molecule has 0 saturated carbocycles. The Labute approximate surface area is 185 Å². The van der Waals surface area contributed by atoms with E-state index in [0.717, 1.165) is 83.2 Å². The topological polar surface area (TPSA) is 62.3 Å². The molecule has 3 saturated heterocycles. The van der Waals surface area contributed by atoms with Crippen LogP contribution in [0.5, 0.6) is 5.75 Å². The van der Waals surface area contributed by atoms with Crippen molar-refractivity contribution < 1.29 is 19.1 Å². The fourth-order valence-corrected chi connectivity index (χ4v) is 5.06. The molecule has 7 heteroatoms. The van der Waals surface area contributed by atoms with Crippen molar-refractivity contribution in [3.8, 4) is 5.75 Å². The second-order valence-corrected chi connectivity index (χ2v) is 9.00. The highest BCUT2D eigenvalue weighted by Crippen LogP contribution is 2.32. The van der Waals surface area contributed by atoms with Crippen LogP contribution in [0.2, 0.25) is 0 Å². The predicted molar refractivity (Wildman–Crippen MR) is 118 cm³/mol. The molecule has 31 heavy (non-hydrogen) atoms. The summed E-state index contributed by atoms with van der Waals surface area (Å²) in [5.74, 6) is 2.11. The zero-order valence-corrected chi connectivity index (χ0v) is 18.6. The van der Waals surface area contributed by atoms with E-state index in [4.69, 9.17) is 9.47 Å². The molecule has 0 radical (unpaired) electrons. The summed E-state index contributed by atoms with van der Waals surface area (Å²) in [6, 6.07) is 7.72. The monoisotopic (exact) mass is 429 g/mol. The number of nitrogens with zero attached hydrogens (tertiary/aromatic N) is 3. The van der Waals surface area contributed by atoms with Crippen LogP contribution in [-0.2, 0) is 20.7 Å². The fourth-order valence-electron chi connectivity index (χ4n) is 5.06. The molecular weight excluding hydrogens is 394 g/mol.